The second-order valence-electron chi connectivity index (χ2n) is 3.71. The maximum Gasteiger partial charge on any atom is 0.405 e. The van der Waals surface area contributed by atoms with Crippen molar-refractivity contribution in [2.45, 2.75) is 11.1 Å². The van der Waals surface area contributed by atoms with Crippen molar-refractivity contribution in [3.8, 4) is 5.75 Å². The molecule has 0 heterocycles. The number of carbonyl (C=O) groups excluding carboxylic acids is 1. The van der Waals surface area contributed by atoms with Crippen LogP contribution in [0.25, 0.3) is 0 Å². The van der Waals surface area contributed by atoms with Gasteiger partial charge in [-0.3, -0.25) is 4.79 Å². The van der Waals surface area contributed by atoms with Crippen LogP contribution in [0.4, 0.5) is 13.2 Å². The van der Waals surface area contributed by atoms with Crippen molar-refractivity contribution in [1.29, 1.82) is 0 Å². The smallest absolute Gasteiger partial charge is 0.405 e. The van der Waals surface area contributed by atoms with E-state index in [1.54, 1.807) is 5.32 Å². The first kappa shape index (κ1) is 17.9. The van der Waals surface area contributed by atoms with Crippen LogP contribution in [-0.4, -0.2) is 33.7 Å². The fourth-order valence-corrected chi connectivity index (χ4v) is 2.42. The van der Waals surface area contributed by atoms with Crippen LogP contribution in [0.1, 0.15) is 0 Å². The SMILES string of the molecule is O=C(COc1ccc(Cl)cc1S(=O)(=O)Cl)NCC(F)(F)F. The highest BCUT2D eigenvalue weighted by Crippen LogP contribution is 2.29. The van der Waals surface area contributed by atoms with Gasteiger partial charge in [-0.1, -0.05) is 11.6 Å². The lowest BCUT2D eigenvalue weighted by Crippen LogP contribution is -2.36. The molecular weight excluding hydrogens is 358 g/mol. The molecule has 1 N–H and O–H groups in total. The molecule has 0 aliphatic carbocycles. The zero-order valence-corrected chi connectivity index (χ0v) is 12.4. The number of halogens is 5. The van der Waals surface area contributed by atoms with Gasteiger partial charge in [0.2, 0.25) is 0 Å². The lowest BCUT2D eigenvalue weighted by atomic mass is 10.3. The van der Waals surface area contributed by atoms with Gasteiger partial charge in [0.15, 0.2) is 6.61 Å². The van der Waals surface area contributed by atoms with Gasteiger partial charge < -0.3 is 10.1 Å². The average molecular weight is 366 g/mol. The molecule has 5 nitrogen and oxygen atoms in total. The molecule has 0 saturated carbocycles. The summed E-state index contributed by atoms with van der Waals surface area (Å²) in [6.07, 6.45) is -4.55. The van der Waals surface area contributed by atoms with E-state index in [1.165, 1.54) is 6.07 Å². The molecule has 0 spiro atoms. The Balaban J connectivity index is 2.74. The fourth-order valence-electron chi connectivity index (χ4n) is 1.18. The molecule has 0 radical (unpaired) electrons. The molecule has 118 valence electrons. The number of benzene rings is 1. The molecule has 21 heavy (non-hydrogen) atoms. The summed E-state index contributed by atoms with van der Waals surface area (Å²) >= 11 is 5.60. The van der Waals surface area contributed by atoms with Gasteiger partial charge in [-0.25, -0.2) is 8.42 Å². The molecule has 0 bridgehead atoms. The Bertz CT molecular complexity index is 634. The average Bonchev–Trinajstić information content (AvgIpc) is 2.32. The highest BCUT2D eigenvalue weighted by Gasteiger charge is 2.27. The third-order valence-electron chi connectivity index (χ3n) is 2.01. The normalized spacial score (nSPS) is 12.0. The molecule has 0 atom stereocenters. The minimum Gasteiger partial charge on any atom is -0.482 e. The van der Waals surface area contributed by atoms with Gasteiger partial charge in [-0.05, 0) is 18.2 Å². The van der Waals surface area contributed by atoms with Crippen LogP contribution in [0.15, 0.2) is 23.1 Å². The van der Waals surface area contributed by atoms with E-state index in [2.05, 4.69) is 0 Å². The minimum atomic E-state index is -4.55. The first-order valence-electron chi connectivity index (χ1n) is 5.19. The zero-order valence-electron chi connectivity index (χ0n) is 10.1. The van der Waals surface area contributed by atoms with E-state index in [-0.39, 0.29) is 10.8 Å². The van der Waals surface area contributed by atoms with Gasteiger partial charge in [-0.2, -0.15) is 13.2 Å². The molecule has 1 aromatic carbocycles. The van der Waals surface area contributed by atoms with Crippen LogP contribution < -0.4 is 10.1 Å². The topological polar surface area (TPSA) is 72.5 Å². The highest BCUT2D eigenvalue weighted by molar-refractivity contribution is 8.13. The van der Waals surface area contributed by atoms with Crippen LogP contribution in [0, 0.1) is 0 Å². The largest absolute Gasteiger partial charge is 0.482 e. The summed E-state index contributed by atoms with van der Waals surface area (Å²) in [5.74, 6) is -1.36. The molecule has 0 aliphatic rings. The van der Waals surface area contributed by atoms with E-state index in [9.17, 15) is 26.4 Å². The third-order valence-corrected chi connectivity index (χ3v) is 3.59. The number of alkyl halides is 3. The molecular formula is C10H8Cl2F3NO4S. The standard InChI is InChI=1S/C10H8Cl2F3NO4S/c11-6-1-2-7(8(3-6)21(12,18)19)20-4-9(17)16-5-10(13,14)15/h1-3H,4-5H2,(H,16,17). The Morgan fingerprint density at radius 1 is 1.33 bits per heavy atom. The summed E-state index contributed by atoms with van der Waals surface area (Å²) in [5, 5.41) is 1.62. The summed E-state index contributed by atoms with van der Waals surface area (Å²) < 4.78 is 63.0. The Kier molecular flexibility index (Phi) is 5.71. The minimum absolute atomic E-state index is 0.0584. The van der Waals surface area contributed by atoms with E-state index in [1.807, 2.05) is 0 Å². The van der Waals surface area contributed by atoms with E-state index < -0.39 is 39.2 Å². The predicted octanol–water partition coefficient (Wildman–Crippen LogP) is 2.32. The van der Waals surface area contributed by atoms with Crippen LogP contribution in [0.3, 0.4) is 0 Å². The van der Waals surface area contributed by atoms with E-state index >= 15 is 0 Å². The summed E-state index contributed by atoms with van der Waals surface area (Å²) in [4.78, 5) is 10.7. The van der Waals surface area contributed by atoms with Crippen molar-refractivity contribution in [3.63, 3.8) is 0 Å². The molecule has 0 aliphatic heterocycles. The molecule has 1 amide bonds. The number of hydrogen-bond acceptors (Lipinski definition) is 4. The first-order valence-corrected chi connectivity index (χ1v) is 7.88. The third kappa shape index (κ3) is 6.40. The lowest BCUT2D eigenvalue weighted by molar-refractivity contribution is -0.139. The second kappa shape index (κ2) is 6.71. The highest BCUT2D eigenvalue weighted by atomic mass is 35.7. The van der Waals surface area contributed by atoms with Gasteiger partial charge in [-0.15, -0.1) is 0 Å². The van der Waals surface area contributed by atoms with E-state index in [0.717, 1.165) is 12.1 Å². The number of rotatable bonds is 5. The van der Waals surface area contributed by atoms with Crippen molar-refractivity contribution >= 4 is 37.2 Å². The van der Waals surface area contributed by atoms with Crippen molar-refractivity contribution in [2.24, 2.45) is 0 Å². The predicted molar refractivity (Wildman–Crippen MR) is 69.1 cm³/mol. The van der Waals surface area contributed by atoms with Gasteiger partial charge in [0.1, 0.15) is 17.2 Å². The Hall–Kier alpha value is -1.19. The van der Waals surface area contributed by atoms with Crippen molar-refractivity contribution in [1.82, 2.24) is 5.32 Å². The van der Waals surface area contributed by atoms with Crippen LogP contribution in [-0.2, 0) is 13.8 Å². The number of amides is 1. The summed E-state index contributed by atoms with van der Waals surface area (Å²) in [7, 11) is 0.968. The number of ether oxygens (including phenoxy) is 1. The lowest BCUT2D eigenvalue weighted by Gasteiger charge is -2.11. The maximum atomic E-state index is 11.9. The van der Waals surface area contributed by atoms with Gasteiger partial charge in [0.25, 0.3) is 15.0 Å². The van der Waals surface area contributed by atoms with Gasteiger partial charge in [0.05, 0.1) is 0 Å². The first-order chi connectivity index (χ1) is 9.49. The molecule has 0 aromatic heterocycles. The molecule has 11 heteroatoms. The molecule has 0 saturated heterocycles. The zero-order chi connectivity index (χ0) is 16.3. The van der Waals surface area contributed by atoms with Crippen LogP contribution in [0.5, 0.6) is 5.75 Å². The molecule has 1 aromatic rings. The summed E-state index contributed by atoms with van der Waals surface area (Å²) in [6, 6.07) is 3.40. The Morgan fingerprint density at radius 3 is 2.48 bits per heavy atom. The Labute approximate surface area is 127 Å². The maximum absolute atomic E-state index is 11.9. The van der Waals surface area contributed by atoms with Crippen molar-refractivity contribution in [3.05, 3.63) is 23.2 Å². The summed E-state index contributed by atoms with van der Waals surface area (Å²) in [5.41, 5.74) is 0. The molecule has 1 rings (SSSR count). The number of hydrogen-bond donors (Lipinski definition) is 1. The molecule has 0 unspecified atom stereocenters. The second-order valence-corrected chi connectivity index (χ2v) is 6.68. The molecule has 0 fully saturated rings. The van der Waals surface area contributed by atoms with Gasteiger partial charge >= 0.3 is 6.18 Å². The quantitative estimate of drug-likeness (QED) is 0.812. The number of carbonyl (C=O) groups is 1. The van der Waals surface area contributed by atoms with Crippen molar-refractivity contribution in [2.75, 3.05) is 13.2 Å². The van der Waals surface area contributed by atoms with Crippen molar-refractivity contribution < 1.29 is 31.1 Å². The van der Waals surface area contributed by atoms with Crippen LogP contribution in [0.2, 0.25) is 5.02 Å². The monoisotopic (exact) mass is 365 g/mol. The summed E-state index contributed by atoms with van der Waals surface area (Å²) in [6.45, 7) is -2.33. The van der Waals surface area contributed by atoms with Crippen LogP contribution >= 0.6 is 22.3 Å². The Morgan fingerprint density at radius 2 is 1.95 bits per heavy atom. The van der Waals surface area contributed by atoms with E-state index in [4.69, 9.17) is 27.0 Å². The van der Waals surface area contributed by atoms with E-state index in [0.29, 0.717) is 0 Å². The number of nitrogens with one attached hydrogen (secondary N) is 1. The van der Waals surface area contributed by atoms with Gasteiger partial charge in [0, 0.05) is 15.7 Å². The fraction of sp³-hybridized carbons (Fsp3) is 0.300.